The molecule has 8 aromatic rings. The van der Waals surface area contributed by atoms with Crippen molar-refractivity contribution in [2.24, 2.45) is 0 Å². The third-order valence-corrected chi connectivity index (χ3v) is 8.08. The summed E-state index contributed by atoms with van der Waals surface area (Å²) in [5.41, 5.74) is 10.2. The smallest absolute Gasteiger partial charge is 0.160 e. The van der Waals surface area contributed by atoms with Crippen molar-refractivity contribution in [1.29, 1.82) is 0 Å². The Kier molecular flexibility index (Phi) is 6.47. The van der Waals surface area contributed by atoms with Crippen molar-refractivity contribution < 1.29 is 0 Å². The molecular formula is C41H27N3. The number of nitrogens with zero attached hydrogens (tertiary/aromatic N) is 3. The second-order valence-electron chi connectivity index (χ2n) is 10.9. The summed E-state index contributed by atoms with van der Waals surface area (Å²) in [5, 5.41) is 3.56. The van der Waals surface area contributed by atoms with Crippen LogP contribution in [0.25, 0.3) is 78.0 Å². The van der Waals surface area contributed by atoms with Crippen molar-refractivity contribution >= 4 is 21.7 Å². The van der Waals surface area contributed by atoms with Gasteiger partial charge in [0.25, 0.3) is 0 Å². The van der Waals surface area contributed by atoms with E-state index in [1.54, 1.807) is 0 Å². The maximum atomic E-state index is 5.05. The second kappa shape index (κ2) is 11.0. The van der Waals surface area contributed by atoms with Gasteiger partial charge in [0.15, 0.2) is 5.82 Å². The van der Waals surface area contributed by atoms with E-state index < -0.39 is 0 Å². The SMILES string of the molecule is c1ccc(-c2ccc(-c3cc(-c4ccccc4)nc(-c4ccc(-c5ccc6cc7ccccc7cc6n5)cc4)n3)cc2)cc1. The highest BCUT2D eigenvalue weighted by atomic mass is 14.9. The minimum atomic E-state index is 0.693. The first kappa shape index (κ1) is 25.8. The number of pyridine rings is 1. The molecule has 3 heteroatoms. The molecule has 2 heterocycles. The summed E-state index contributed by atoms with van der Waals surface area (Å²) >= 11 is 0. The number of hydrogen-bond acceptors (Lipinski definition) is 3. The van der Waals surface area contributed by atoms with E-state index in [0.717, 1.165) is 50.2 Å². The van der Waals surface area contributed by atoms with Gasteiger partial charge in [-0.2, -0.15) is 0 Å². The molecule has 0 radical (unpaired) electrons. The van der Waals surface area contributed by atoms with E-state index in [1.807, 2.05) is 24.3 Å². The van der Waals surface area contributed by atoms with Crippen LogP contribution in [0.4, 0.5) is 0 Å². The molecule has 0 N–H and O–H groups in total. The highest BCUT2D eigenvalue weighted by molar-refractivity contribution is 5.97. The predicted molar refractivity (Wildman–Crippen MR) is 182 cm³/mol. The fourth-order valence-corrected chi connectivity index (χ4v) is 5.71. The van der Waals surface area contributed by atoms with Crippen LogP contribution >= 0.6 is 0 Å². The van der Waals surface area contributed by atoms with Crippen LogP contribution in [-0.2, 0) is 0 Å². The lowest BCUT2D eigenvalue weighted by atomic mass is 10.0. The largest absolute Gasteiger partial charge is 0.248 e. The molecular weight excluding hydrogens is 534 g/mol. The van der Waals surface area contributed by atoms with Crippen molar-refractivity contribution in [2.45, 2.75) is 0 Å². The van der Waals surface area contributed by atoms with Crippen LogP contribution in [0.5, 0.6) is 0 Å². The molecule has 0 amide bonds. The van der Waals surface area contributed by atoms with E-state index in [1.165, 1.54) is 21.9 Å². The molecule has 0 unspecified atom stereocenters. The molecule has 206 valence electrons. The Labute approximate surface area is 256 Å². The number of benzene rings is 6. The van der Waals surface area contributed by atoms with Crippen LogP contribution in [0.2, 0.25) is 0 Å². The van der Waals surface area contributed by atoms with Crippen LogP contribution in [-0.4, -0.2) is 15.0 Å². The average Bonchev–Trinajstić information content (AvgIpc) is 3.11. The summed E-state index contributed by atoms with van der Waals surface area (Å²) in [7, 11) is 0. The zero-order chi connectivity index (χ0) is 29.3. The fraction of sp³-hybridized carbons (Fsp3) is 0. The summed E-state index contributed by atoms with van der Waals surface area (Å²) in [5.74, 6) is 0.693. The van der Waals surface area contributed by atoms with E-state index >= 15 is 0 Å². The van der Waals surface area contributed by atoms with Crippen LogP contribution in [0, 0.1) is 0 Å². The van der Waals surface area contributed by atoms with E-state index in [4.69, 9.17) is 15.0 Å². The van der Waals surface area contributed by atoms with Crippen molar-refractivity contribution in [3.63, 3.8) is 0 Å². The average molecular weight is 562 g/mol. The summed E-state index contributed by atoms with van der Waals surface area (Å²) in [6.07, 6.45) is 0. The molecule has 0 bridgehead atoms. The van der Waals surface area contributed by atoms with Gasteiger partial charge in [-0.25, -0.2) is 15.0 Å². The van der Waals surface area contributed by atoms with Gasteiger partial charge in [0.1, 0.15) is 0 Å². The molecule has 3 nitrogen and oxygen atoms in total. The molecule has 8 rings (SSSR count). The normalized spacial score (nSPS) is 11.2. The van der Waals surface area contributed by atoms with E-state index in [9.17, 15) is 0 Å². The topological polar surface area (TPSA) is 38.7 Å². The Bertz CT molecular complexity index is 2240. The first-order chi connectivity index (χ1) is 21.8. The van der Waals surface area contributed by atoms with Crippen molar-refractivity contribution in [3.8, 4) is 56.3 Å². The third-order valence-electron chi connectivity index (χ3n) is 8.08. The molecule has 0 fully saturated rings. The minimum Gasteiger partial charge on any atom is -0.248 e. The maximum absolute atomic E-state index is 5.05. The monoisotopic (exact) mass is 561 g/mol. The Morgan fingerprint density at radius 2 is 0.750 bits per heavy atom. The van der Waals surface area contributed by atoms with Crippen LogP contribution in [0.1, 0.15) is 0 Å². The number of rotatable bonds is 5. The third kappa shape index (κ3) is 5.01. The second-order valence-corrected chi connectivity index (χ2v) is 10.9. The summed E-state index contributed by atoms with van der Waals surface area (Å²) in [6, 6.07) is 56.8. The van der Waals surface area contributed by atoms with Gasteiger partial charge in [-0.3, -0.25) is 0 Å². The van der Waals surface area contributed by atoms with Crippen LogP contribution in [0.15, 0.2) is 164 Å². The predicted octanol–water partition coefficient (Wildman–Crippen LogP) is 10.5. The van der Waals surface area contributed by atoms with Gasteiger partial charge in [-0.05, 0) is 46.2 Å². The van der Waals surface area contributed by atoms with Crippen molar-refractivity contribution in [1.82, 2.24) is 15.0 Å². The molecule has 6 aromatic carbocycles. The summed E-state index contributed by atoms with van der Waals surface area (Å²) in [6.45, 7) is 0. The maximum Gasteiger partial charge on any atom is 0.160 e. The number of hydrogen-bond donors (Lipinski definition) is 0. The quantitative estimate of drug-likeness (QED) is 0.196. The molecule has 0 atom stereocenters. The number of aromatic nitrogens is 3. The highest BCUT2D eigenvalue weighted by Crippen LogP contribution is 2.31. The Balaban J connectivity index is 1.16. The van der Waals surface area contributed by atoms with Crippen molar-refractivity contribution in [2.75, 3.05) is 0 Å². The zero-order valence-corrected chi connectivity index (χ0v) is 23.9. The molecule has 0 aliphatic carbocycles. The first-order valence-electron chi connectivity index (χ1n) is 14.8. The van der Waals surface area contributed by atoms with E-state index in [0.29, 0.717) is 5.82 Å². The number of fused-ring (bicyclic) bond motifs is 2. The molecule has 0 spiro atoms. The summed E-state index contributed by atoms with van der Waals surface area (Å²) < 4.78 is 0. The Morgan fingerprint density at radius 3 is 1.41 bits per heavy atom. The molecule has 44 heavy (non-hydrogen) atoms. The Hall–Kier alpha value is -5.93. The van der Waals surface area contributed by atoms with E-state index in [-0.39, 0.29) is 0 Å². The zero-order valence-electron chi connectivity index (χ0n) is 23.9. The fourth-order valence-electron chi connectivity index (χ4n) is 5.71. The van der Waals surface area contributed by atoms with Gasteiger partial charge in [0, 0.05) is 27.6 Å². The van der Waals surface area contributed by atoms with Crippen molar-refractivity contribution in [3.05, 3.63) is 164 Å². The lowest BCUT2D eigenvalue weighted by molar-refractivity contribution is 1.18. The van der Waals surface area contributed by atoms with Gasteiger partial charge in [0.05, 0.1) is 22.6 Å². The lowest BCUT2D eigenvalue weighted by Crippen LogP contribution is -1.96. The minimum absolute atomic E-state index is 0.693. The molecule has 0 saturated heterocycles. The highest BCUT2D eigenvalue weighted by Gasteiger charge is 2.12. The van der Waals surface area contributed by atoms with Gasteiger partial charge < -0.3 is 0 Å². The first-order valence-corrected chi connectivity index (χ1v) is 14.8. The van der Waals surface area contributed by atoms with Gasteiger partial charge in [-0.1, -0.05) is 140 Å². The van der Waals surface area contributed by atoms with E-state index in [2.05, 4.69) is 140 Å². The lowest BCUT2D eigenvalue weighted by Gasteiger charge is -2.11. The van der Waals surface area contributed by atoms with Gasteiger partial charge >= 0.3 is 0 Å². The summed E-state index contributed by atoms with van der Waals surface area (Å²) in [4.78, 5) is 15.1. The van der Waals surface area contributed by atoms with Gasteiger partial charge in [-0.15, -0.1) is 0 Å². The molecule has 0 aliphatic rings. The molecule has 0 aliphatic heterocycles. The Morgan fingerprint density at radius 1 is 0.273 bits per heavy atom. The van der Waals surface area contributed by atoms with Gasteiger partial charge in [0.2, 0.25) is 0 Å². The van der Waals surface area contributed by atoms with Crippen LogP contribution in [0.3, 0.4) is 0 Å². The molecule has 0 saturated carbocycles. The van der Waals surface area contributed by atoms with Crippen LogP contribution < -0.4 is 0 Å². The standard InChI is InChI=1S/C41H27N3/c1-3-9-28(10-4-1)29-15-17-32(18-16-29)40-27-39(30-11-5-2-6-12-30)43-41(44-40)33-21-19-31(20-22-33)37-24-23-36-25-34-13-7-8-14-35(34)26-38(36)42-37/h1-27H. The molecule has 2 aromatic heterocycles.